The number of nitrogens with zero attached hydrogens (tertiary/aromatic N) is 1. The molecule has 1 saturated carbocycles. The van der Waals surface area contributed by atoms with Crippen LogP contribution in [0.3, 0.4) is 0 Å². The number of nitrogens with one attached hydrogen (secondary N) is 1. The molecule has 0 radical (unpaired) electrons. The zero-order valence-electron chi connectivity index (χ0n) is 11.7. The maximum atomic E-state index is 6.34. The van der Waals surface area contributed by atoms with E-state index in [0.29, 0.717) is 18.1 Å². The van der Waals surface area contributed by atoms with Crippen molar-refractivity contribution in [1.82, 2.24) is 5.32 Å². The lowest BCUT2D eigenvalue weighted by molar-refractivity contribution is -0.992. The highest BCUT2D eigenvalue weighted by atomic mass is 16.7. The molecule has 0 amide bonds. The van der Waals surface area contributed by atoms with Gasteiger partial charge in [-0.05, 0) is 26.3 Å². The minimum absolute atomic E-state index is 0.0122. The molecule has 5 heteroatoms. The summed E-state index contributed by atoms with van der Waals surface area (Å²) in [5, 5.41) is 3.52. The molecule has 0 aromatic heterocycles. The fourth-order valence-corrected chi connectivity index (χ4v) is 4.65. The van der Waals surface area contributed by atoms with Gasteiger partial charge in [0.25, 0.3) is 0 Å². The van der Waals surface area contributed by atoms with Gasteiger partial charge in [0, 0.05) is 12.4 Å². The number of quaternary nitrogens is 1. The van der Waals surface area contributed by atoms with E-state index < -0.39 is 0 Å². The minimum Gasteiger partial charge on any atom is -0.402 e. The van der Waals surface area contributed by atoms with Gasteiger partial charge >= 0.3 is 7.12 Å². The van der Waals surface area contributed by atoms with Crippen LogP contribution in [-0.2, 0) is 9.31 Å². The van der Waals surface area contributed by atoms with Crippen LogP contribution in [0.15, 0.2) is 0 Å². The molecular weight excluding hydrogens is 227 g/mol. The maximum absolute atomic E-state index is 6.34. The molecule has 4 saturated heterocycles. The molecule has 4 nitrogen and oxygen atoms in total. The molecule has 0 aromatic carbocycles. The lowest BCUT2D eigenvalue weighted by Crippen LogP contribution is -2.78. The zero-order valence-corrected chi connectivity index (χ0v) is 11.7. The molecular formula is C13H24BN2O2+. The van der Waals surface area contributed by atoms with Crippen LogP contribution in [0.4, 0.5) is 0 Å². The average molecular weight is 251 g/mol. The first-order valence-corrected chi connectivity index (χ1v) is 7.41. The van der Waals surface area contributed by atoms with Gasteiger partial charge in [-0.2, -0.15) is 0 Å². The van der Waals surface area contributed by atoms with Crippen LogP contribution in [0.25, 0.3) is 0 Å². The second kappa shape index (κ2) is 3.51. The van der Waals surface area contributed by atoms with Gasteiger partial charge < -0.3 is 19.1 Å². The van der Waals surface area contributed by atoms with Crippen molar-refractivity contribution in [3.63, 3.8) is 0 Å². The molecule has 0 spiro atoms. The van der Waals surface area contributed by atoms with Gasteiger partial charge in [0.1, 0.15) is 12.1 Å². The molecule has 0 aromatic rings. The number of likely N-dealkylation sites (N-methyl/N-ethyl adjacent to an activating group) is 1. The summed E-state index contributed by atoms with van der Waals surface area (Å²) in [6, 6.07) is 1.41. The molecule has 5 unspecified atom stereocenters. The molecule has 1 N–H and O–H groups in total. The molecule has 5 rings (SSSR count). The third kappa shape index (κ3) is 1.36. The second-order valence-corrected chi connectivity index (χ2v) is 7.35. The highest BCUT2D eigenvalue weighted by Gasteiger charge is 2.69. The Bertz CT molecular complexity index is 372. The van der Waals surface area contributed by atoms with Crippen LogP contribution in [0.5, 0.6) is 0 Å². The minimum atomic E-state index is -0.0315. The van der Waals surface area contributed by atoms with E-state index in [0.717, 1.165) is 23.5 Å². The monoisotopic (exact) mass is 251 g/mol. The van der Waals surface area contributed by atoms with Crippen molar-refractivity contribution in [2.45, 2.75) is 62.3 Å². The van der Waals surface area contributed by atoms with Crippen molar-refractivity contribution in [1.29, 1.82) is 0 Å². The SMILES string of the molecule is CC12CC3CC(C1OB(C1CCCN1)O2)[N+]3(C)C. The van der Waals surface area contributed by atoms with E-state index in [9.17, 15) is 0 Å². The highest BCUT2D eigenvalue weighted by molar-refractivity contribution is 6.47. The van der Waals surface area contributed by atoms with Gasteiger partial charge in [0.15, 0.2) is 0 Å². The number of piperidine rings is 1. The van der Waals surface area contributed by atoms with E-state index >= 15 is 0 Å². The number of hydrogen-bond acceptors (Lipinski definition) is 3. The quantitative estimate of drug-likeness (QED) is 0.545. The average Bonchev–Trinajstić information content (AvgIpc) is 2.92. The Morgan fingerprint density at radius 2 is 2.22 bits per heavy atom. The summed E-state index contributed by atoms with van der Waals surface area (Å²) in [5.74, 6) is 0.417. The van der Waals surface area contributed by atoms with E-state index in [1.807, 2.05) is 0 Å². The number of rotatable bonds is 1. The molecule has 1 aliphatic carbocycles. The van der Waals surface area contributed by atoms with Crippen LogP contribution < -0.4 is 5.32 Å². The van der Waals surface area contributed by atoms with Crippen molar-refractivity contribution in [3.05, 3.63) is 0 Å². The zero-order chi connectivity index (χ0) is 12.5. The largest absolute Gasteiger partial charge is 0.476 e. The normalized spacial score (nSPS) is 53.2. The van der Waals surface area contributed by atoms with Crippen molar-refractivity contribution in [2.24, 2.45) is 0 Å². The van der Waals surface area contributed by atoms with Crippen LogP contribution in [0.2, 0.25) is 0 Å². The Balaban J connectivity index is 1.56. The van der Waals surface area contributed by atoms with Crippen LogP contribution >= 0.6 is 0 Å². The van der Waals surface area contributed by atoms with Crippen LogP contribution in [0, 0.1) is 0 Å². The van der Waals surface area contributed by atoms with E-state index in [4.69, 9.17) is 9.31 Å². The summed E-state index contributed by atoms with van der Waals surface area (Å²) in [4.78, 5) is 0. The third-order valence-electron chi connectivity index (χ3n) is 5.99. The first-order chi connectivity index (χ1) is 8.51. The van der Waals surface area contributed by atoms with Crippen molar-refractivity contribution in [2.75, 3.05) is 20.6 Å². The van der Waals surface area contributed by atoms with Gasteiger partial charge in [-0.1, -0.05) is 0 Å². The van der Waals surface area contributed by atoms with E-state index in [2.05, 4.69) is 26.3 Å². The molecule has 4 heterocycles. The fourth-order valence-electron chi connectivity index (χ4n) is 4.65. The molecule has 18 heavy (non-hydrogen) atoms. The molecule has 5 fully saturated rings. The molecule has 5 atom stereocenters. The Kier molecular flexibility index (Phi) is 2.28. The third-order valence-corrected chi connectivity index (χ3v) is 5.99. The molecule has 4 aliphatic heterocycles. The lowest BCUT2D eigenvalue weighted by Gasteiger charge is -2.63. The summed E-state index contributed by atoms with van der Waals surface area (Å²) in [7, 11) is 4.69. The Hall–Kier alpha value is -0.0951. The first kappa shape index (κ1) is 11.7. The Morgan fingerprint density at radius 1 is 1.39 bits per heavy atom. The van der Waals surface area contributed by atoms with Gasteiger partial charge in [-0.3, -0.25) is 0 Å². The van der Waals surface area contributed by atoms with Gasteiger partial charge in [-0.25, -0.2) is 0 Å². The van der Waals surface area contributed by atoms with E-state index in [-0.39, 0.29) is 12.7 Å². The smallest absolute Gasteiger partial charge is 0.402 e. The van der Waals surface area contributed by atoms with Crippen LogP contribution in [0.1, 0.15) is 32.6 Å². The maximum Gasteiger partial charge on any atom is 0.476 e. The van der Waals surface area contributed by atoms with Crippen molar-refractivity contribution < 1.29 is 13.8 Å². The predicted molar refractivity (Wildman–Crippen MR) is 70.1 cm³/mol. The summed E-state index contributed by atoms with van der Waals surface area (Å²) >= 11 is 0. The van der Waals surface area contributed by atoms with E-state index in [1.165, 1.54) is 19.3 Å². The van der Waals surface area contributed by atoms with Crippen molar-refractivity contribution in [3.8, 4) is 0 Å². The topological polar surface area (TPSA) is 30.5 Å². The lowest BCUT2D eigenvalue weighted by atomic mass is 9.68. The first-order valence-electron chi connectivity index (χ1n) is 7.41. The standard InChI is InChI=1S/C13H24BN2O2/c1-13-8-9-7-10(16(9,2)3)12(13)17-14(18-13)11-5-4-6-15-11/h9-12,15H,4-8H2,1-3H3/q+1. The second-order valence-electron chi connectivity index (χ2n) is 7.35. The Morgan fingerprint density at radius 3 is 2.89 bits per heavy atom. The predicted octanol–water partition coefficient (Wildman–Crippen LogP) is 0.561. The van der Waals surface area contributed by atoms with Crippen LogP contribution in [-0.4, -0.2) is 62.0 Å². The fraction of sp³-hybridized carbons (Fsp3) is 1.00. The summed E-state index contributed by atoms with van der Waals surface area (Å²) in [6.45, 7) is 3.38. The summed E-state index contributed by atoms with van der Waals surface area (Å²) in [6.07, 6.45) is 5.22. The molecule has 2 bridgehead atoms. The van der Waals surface area contributed by atoms with Crippen molar-refractivity contribution >= 4 is 7.12 Å². The molecule has 5 aliphatic rings. The molecule has 100 valence electrons. The van der Waals surface area contributed by atoms with Gasteiger partial charge in [0.2, 0.25) is 0 Å². The summed E-state index contributed by atoms with van der Waals surface area (Å²) < 4.78 is 13.8. The Labute approximate surface area is 110 Å². The highest BCUT2D eigenvalue weighted by Crippen LogP contribution is 2.52. The number of hydrogen-bond donors (Lipinski definition) is 1. The van der Waals surface area contributed by atoms with Gasteiger partial charge in [0.05, 0.1) is 32.2 Å². The summed E-state index contributed by atoms with van der Waals surface area (Å²) in [5.41, 5.74) is -0.0315. The van der Waals surface area contributed by atoms with E-state index in [1.54, 1.807) is 0 Å². The van der Waals surface area contributed by atoms with Gasteiger partial charge in [-0.15, -0.1) is 0 Å².